The maximum atomic E-state index is 13.7. The van der Waals surface area contributed by atoms with Crippen LogP contribution in [0.3, 0.4) is 0 Å². The molecule has 0 radical (unpaired) electrons. The van der Waals surface area contributed by atoms with Crippen LogP contribution in [0.5, 0.6) is 5.75 Å². The van der Waals surface area contributed by atoms with E-state index in [1.165, 1.54) is 12.1 Å². The fourth-order valence-corrected chi connectivity index (χ4v) is 3.78. The van der Waals surface area contributed by atoms with Gasteiger partial charge in [0, 0.05) is 30.8 Å². The molecular formula is C21H20FN3O4. The fourth-order valence-electron chi connectivity index (χ4n) is 3.78. The van der Waals surface area contributed by atoms with Crippen molar-refractivity contribution < 1.29 is 23.5 Å². The molecule has 1 atom stereocenters. The molecule has 0 saturated carbocycles. The Hall–Kier alpha value is -3.42. The molecule has 4 rings (SSSR count). The van der Waals surface area contributed by atoms with Crippen LogP contribution in [0.25, 0.3) is 0 Å². The summed E-state index contributed by atoms with van der Waals surface area (Å²) in [4.78, 5) is 38.6. The van der Waals surface area contributed by atoms with Gasteiger partial charge in [0.25, 0.3) is 11.8 Å². The van der Waals surface area contributed by atoms with Gasteiger partial charge in [0.1, 0.15) is 11.6 Å². The first kappa shape index (κ1) is 18.9. The Morgan fingerprint density at radius 1 is 1.28 bits per heavy atom. The van der Waals surface area contributed by atoms with Crippen LogP contribution >= 0.6 is 0 Å². The second-order valence-corrected chi connectivity index (χ2v) is 7.07. The zero-order valence-electron chi connectivity index (χ0n) is 15.8. The van der Waals surface area contributed by atoms with E-state index in [-0.39, 0.29) is 42.6 Å². The number of hydrogen-bond acceptors (Lipinski definition) is 4. The lowest BCUT2D eigenvalue weighted by Gasteiger charge is -2.37. The van der Waals surface area contributed by atoms with E-state index >= 15 is 0 Å². The molecule has 0 fully saturated rings. The van der Waals surface area contributed by atoms with Crippen LogP contribution in [0, 0.1) is 5.82 Å². The van der Waals surface area contributed by atoms with Gasteiger partial charge >= 0.3 is 0 Å². The molecule has 0 aromatic heterocycles. The summed E-state index contributed by atoms with van der Waals surface area (Å²) in [7, 11) is 1.55. The summed E-state index contributed by atoms with van der Waals surface area (Å²) in [5.74, 6) is -0.671. The van der Waals surface area contributed by atoms with Crippen molar-refractivity contribution in [2.24, 2.45) is 0 Å². The number of carbonyl (C=O) groups excluding carboxylic acids is 3. The van der Waals surface area contributed by atoms with Crippen LogP contribution < -0.4 is 20.3 Å². The van der Waals surface area contributed by atoms with Gasteiger partial charge in [0.15, 0.2) is 6.61 Å². The molecular weight excluding hydrogens is 377 g/mol. The van der Waals surface area contributed by atoms with Gasteiger partial charge < -0.3 is 20.3 Å². The molecule has 2 aliphatic heterocycles. The van der Waals surface area contributed by atoms with E-state index in [1.54, 1.807) is 36.2 Å². The fraction of sp³-hybridized carbons (Fsp3) is 0.286. The minimum atomic E-state index is -0.366. The molecule has 0 unspecified atom stereocenters. The lowest BCUT2D eigenvalue weighted by Crippen LogP contribution is -2.46. The van der Waals surface area contributed by atoms with Crippen molar-refractivity contribution in [3.05, 3.63) is 53.3 Å². The minimum absolute atomic E-state index is 0.0699. The molecule has 3 amide bonds. The number of hydrogen-bond donors (Lipinski definition) is 2. The molecule has 8 heteroatoms. The number of benzene rings is 2. The number of aryl methyl sites for hydroxylation is 1. The predicted molar refractivity (Wildman–Crippen MR) is 105 cm³/mol. The summed E-state index contributed by atoms with van der Waals surface area (Å²) in [6, 6.07) is 8.75. The number of amides is 3. The highest BCUT2D eigenvalue weighted by Crippen LogP contribution is 2.35. The highest BCUT2D eigenvalue weighted by molar-refractivity contribution is 6.09. The van der Waals surface area contributed by atoms with Gasteiger partial charge in [-0.2, -0.15) is 0 Å². The number of carbonyl (C=O) groups is 3. The molecule has 2 N–H and O–H groups in total. The third kappa shape index (κ3) is 3.65. The van der Waals surface area contributed by atoms with Crippen molar-refractivity contribution in [1.82, 2.24) is 5.32 Å². The van der Waals surface area contributed by atoms with E-state index in [2.05, 4.69) is 10.6 Å². The van der Waals surface area contributed by atoms with Crippen molar-refractivity contribution in [1.29, 1.82) is 0 Å². The van der Waals surface area contributed by atoms with Crippen LogP contribution in [-0.2, 0) is 16.0 Å². The number of halogens is 1. The van der Waals surface area contributed by atoms with Crippen molar-refractivity contribution in [2.75, 3.05) is 23.9 Å². The molecule has 0 aliphatic carbocycles. The Bertz CT molecular complexity index is 1010. The van der Waals surface area contributed by atoms with Crippen LogP contribution in [0.1, 0.15) is 28.8 Å². The largest absolute Gasteiger partial charge is 0.482 e. The molecule has 2 aromatic carbocycles. The van der Waals surface area contributed by atoms with Crippen molar-refractivity contribution in [3.63, 3.8) is 0 Å². The van der Waals surface area contributed by atoms with Gasteiger partial charge in [0.05, 0.1) is 5.69 Å². The number of ether oxygens (including phenoxy) is 1. The molecule has 2 aromatic rings. The average molecular weight is 397 g/mol. The summed E-state index contributed by atoms with van der Waals surface area (Å²) >= 11 is 0. The Balaban J connectivity index is 1.72. The molecule has 0 bridgehead atoms. The summed E-state index contributed by atoms with van der Waals surface area (Å²) in [5, 5.41) is 5.28. The van der Waals surface area contributed by atoms with Gasteiger partial charge in [-0.1, -0.05) is 0 Å². The lowest BCUT2D eigenvalue weighted by molar-refractivity contribution is -0.121. The SMILES string of the molecule is CNC(=O)C[C@H]1CCc2cc(F)ccc2N1C(=O)c1ccc2c(c1)NC(=O)CO2. The molecule has 0 saturated heterocycles. The van der Waals surface area contributed by atoms with Crippen molar-refractivity contribution in [3.8, 4) is 5.75 Å². The van der Waals surface area contributed by atoms with Crippen LogP contribution in [0.2, 0.25) is 0 Å². The Kier molecular flexibility index (Phi) is 4.92. The number of anilines is 2. The van der Waals surface area contributed by atoms with Crippen LogP contribution in [0.4, 0.5) is 15.8 Å². The van der Waals surface area contributed by atoms with E-state index in [0.717, 1.165) is 5.56 Å². The van der Waals surface area contributed by atoms with Gasteiger partial charge in [0.2, 0.25) is 5.91 Å². The quantitative estimate of drug-likeness (QED) is 0.832. The van der Waals surface area contributed by atoms with E-state index in [4.69, 9.17) is 4.74 Å². The maximum Gasteiger partial charge on any atom is 0.262 e. The second kappa shape index (κ2) is 7.54. The number of nitrogens with one attached hydrogen (secondary N) is 2. The van der Waals surface area contributed by atoms with E-state index < -0.39 is 0 Å². The maximum absolute atomic E-state index is 13.7. The molecule has 29 heavy (non-hydrogen) atoms. The summed E-state index contributed by atoms with van der Waals surface area (Å²) in [6.45, 7) is -0.0699. The average Bonchev–Trinajstić information content (AvgIpc) is 2.72. The third-order valence-electron chi connectivity index (χ3n) is 5.19. The van der Waals surface area contributed by atoms with Gasteiger partial charge in [-0.3, -0.25) is 14.4 Å². The Morgan fingerprint density at radius 2 is 2.10 bits per heavy atom. The number of rotatable bonds is 3. The Morgan fingerprint density at radius 3 is 2.90 bits per heavy atom. The van der Waals surface area contributed by atoms with Gasteiger partial charge in [-0.25, -0.2) is 4.39 Å². The lowest BCUT2D eigenvalue weighted by atomic mass is 9.92. The van der Waals surface area contributed by atoms with Crippen LogP contribution in [0.15, 0.2) is 36.4 Å². The highest BCUT2D eigenvalue weighted by Gasteiger charge is 2.33. The first-order valence-corrected chi connectivity index (χ1v) is 9.35. The monoisotopic (exact) mass is 397 g/mol. The van der Waals surface area contributed by atoms with E-state index in [0.29, 0.717) is 35.5 Å². The molecule has 150 valence electrons. The normalized spacial score (nSPS) is 17.5. The van der Waals surface area contributed by atoms with Gasteiger partial charge in [-0.05, 0) is 54.8 Å². The van der Waals surface area contributed by atoms with E-state index in [1.807, 2.05) is 0 Å². The molecule has 2 heterocycles. The topological polar surface area (TPSA) is 87.7 Å². The van der Waals surface area contributed by atoms with Crippen LogP contribution in [-0.4, -0.2) is 37.4 Å². The zero-order chi connectivity index (χ0) is 20.5. The third-order valence-corrected chi connectivity index (χ3v) is 5.19. The first-order chi connectivity index (χ1) is 14.0. The van der Waals surface area contributed by atoms with E-state index in [9.17, 15) is 18.8 Å². The summed E-state index contributed by atoms with van der Waals surface area (Å²) in [5.41, 5.74) is 2.08. The standard InChI is InChI=1S/C21H20FN3O4/c1-23-19(26)10-15-5-2-12-8-14(22)4-6-17(12)25(15)21(28)13-3-7-18-16(9-13)24-20(27)11-29-18/h3-4,6-9,15H,2,5,10-11H2,1H3,(H,23,26)(H,24,27)/t15-/m1/s1. The second-order valence-electron chi connectivity index (χ2n) is 7.07. The first-order valence-electron chi connectivity index (χ1n) is 9.35. The Labute approximate surface area is 166 Å². The zero-order valence-corrected chi connectivity index (χ0v) is 15.8. The highest BCUT2D eigenvalue weighted by atomic mass is 19.1. The minimum Gasteiger partial charge on any atom is -0.482 e. The molecule has 2 aliphatic rings. The predicted octanol–water partition coefficient (Wildman–Crippen LogP) is 2.25. The summed E-state index contributed by atoms with van der Waals surface area (Å²) in [6.07, 6.45) is 1.26. The number of nitrogens with zero attached hydrogens (tertiary/aromatic N) is 1. The van der Waals surface area contributed by atoms with Crippen molar-refractivity contribution in [2.45, 2.75) is 25.3 Å². The van der Waals surface area contributed by atoms with Gasteiger partial charge in [-0.15, -0.1) is 0 Å². The smallest absolute Gasteiger partial charge is 0.262 e. The summed E-state index contributed by atoms with van der Waals surface area (Å²) < 4.78 is 19.1. The molecule has 7 nitrogen and oxygen atoms in total. The van der Waals surface area contributed by atoms with Crippen molar-refractivity contribution >= 4 is 29.1 Å². The molecule has 0 spiro atoms. The number of fused-ring (bicyclic) bond motifs is 2.